The van der Waals surface area contributed by atoms with Crippen LogP contribution < -0.4 is 5.32 Å². The van der Waals surface area contributed by atoms with Crippen molar-refractivity contribution in [1.82, 2.24) is 5.32 Å². The number of aryl methyl sites for hydroxylation is 2. The fourth-order valence-electron chi connectivity index (χ4n) is 2.09. The number of rotatable bonds is 5. The van der Waals surface area contributed by atoms with Crippen molar-refractivity contribution in [3.63, 3.8) is 0 Å². The molecule has 1 unspecified atom stereocenters. The number of benzene rings is 1. The van der Waals surface area contributed by atoms with Crippen LogP contribution in [0.1, 0.15) is 35.6 Å². The lowest BCUT2D eigenvalue weighted by Gasteiger charge is -2.20. The lowest BCUT2D eigenvalue weighted by Crippen LogP contribution is -2.18. The van der Waals surface area contributed by atoms with E-state index in [1.165, 1.54) is 16.7 Å². The summed E-state index contributed by atoms with van der Waals surface area (Å²) in [7, 11) is 2.03. The van der Waals surface area contributed by atoms with E-state index in [2.05, 4.69) is 43.9 Å². The van der Waals surface area contributed by atoms with Gasteiger partial charge >= 0.3 is 0 Å². The Morgan fingerprint density at radius 3 is 2.40 bits per heavy atom. The smallest absolute Gasteiger partial charge is 0.0325 e. The zero-order valence-electron chi connectivity index (χ0n) is 10.0. The van der Waals surface area contributed by atoms with Gasteiger partial charge in [-0.2, -0.15) is 0 Å². The summed E-state index contributed by atoms with van der Waals surface area (Å²) in [5, 5.41) is 3.39. The molecule has 0 saturated heterocycles. The van der Waals surface area contributed by atoms with Crippen LogP contribution in [0, 0.1) is 13.8 Å². The van der Waals surface area contributed by atoms with Crippen LogP contribution in [0.25, 0.3) is 0 Å². The second-order valence-corrected chi connectivity index (χ2v) is 4.01. The lowest BCUT2D eigenvalue weighted by molar-refractivity contribution is 0.549. The van der Waals surface area contributed by atoms with Crippen LogP contribution in [-0.2, 0) is 0 Å². The molecular weight excluding hydrogens is 182 g/mol. The monoisotopic (exact) mass is 203 g/mol. The van der Waals surface area contributed by atoms with E-state index in [4.69, 9.17) is 0 Å². The topological polar surface area (TPSA) is 12.0 Å². The van der Waals surface area contributed by atoms with E-state index in [-0.39, 0.29) is 0 Å². The van der Waals surface area contributed by atoms with Crippen molar-refractivity contribution in [2.45, 2.75) is 32.7 Å². The molecule has 0 aliphatic carbocycles. The highest BCUT2D eigenvalue weighted by atomic mass is 14.9. The first kappa shape index (κ1) is 12.0. The van der Waals surface area contributed by atoms with E-state index in [0.717, 1.165) is 12.8 Å². The van der Waals surface area contributed by atoms with Crippen molar-refractivity contribution < 1.29 is 0 Å². The van der Waals surface area contributed by atoms with Gasteiger partial charge in [0.25, 0.3) is 0 Å². The quantitative estimate of drug-likeness (QED) is 0.722. The summed E-state index contributed by atoms with van der Waals surface area (Å²) in [6.07, 6.45) is 4.16. The van der Waals surface area contributed by atoms with Crippen molar-refractivity contribution in [3.8, 4) is 0 Å². The first-order valence-electron chi connectivity index (χ1n) is 5.55. The van der Waals surface area contributed by atoms with Gasteiger partial charge in [-0.25, -0.2) is 0 Å². The second kappa shape index (κ2) is 5.72. The van der Waals surface area contributed by atoms with Crippen LogP contribution in [0.5, 0.6) is 0 Å². The van der Waals surface area contributed by atoms with E-state index in [1.54, 1.807) is 0 Å². The van der Waals surface area contributed by atoms with Crippen LogP contribution in [0.3, 0.4) is 0 Å². The minimum absolute atomic E-state index is 0.448. The first-order valence-corrected chi connectivity index (χ1v) is 5.55. The fourth-order valence-corrected chi connectivity index (χ4v) is 2.09. The summed E-state index contributed by atoms with van der Waals surface area (Å²) < 4.78 is 0. The van der Waals surface area contributed by atoms with E-state index in [1.807, 2.05) is 13.1 Å². The SMILES string of the molecule is C=CCCC(NC)c1c(C)cccc1C. The molecule has 0 aliphatic rings. The van der Waals surface area contributed by atoms with Crippen LogP contribution in [0.4, 0.5) is 0 Å². The summed E-state index contributed by atoms with van der Waals surface area (Å²) >= 11 is 0. The molecule has 0 saturated carbocycles. The summed E-state index contributed by atoms with van der Waals surface area (Å²) in [6, 6.07) is 6.93. The van der Waals surface area contributed by atoms with E-state index in [9.17, 15) is 0 Å². The van der Waals surface area contributed by atoms with Gasteiger partial charge in [0.1, 0.15) is 0 Å². The molecule has 0 aliphatic heterocycles. The molecular formula is C14H21N. The summed E-state index contributed by atoms with van der Waals surface area (Å²) in [4.78, 5) is 0. The van der Waals surface area contributed by atoms with Crippen molar-refractivity contribution in [2.24, 2.45) is 0 Å². The van der Waals surface area contributed by atoms with Crippen molar-refractivity contribution in [3.05, 3.63) is 47.5 Å². The molecule has 1 heteroatoms. The molecule has 0 aromatic heterocycles. The molecule has 1 nitrogen and oxygen atoms in total. The Bertz CT molecular complexity index is 308. The third-order valence-electron chi connectivity index (χ3n) is 2.90. The number of hydrogen-bond donors (Lipinski definition) is 1. The van der Waals surface area contributed by atoms with Gasteiger partial charge in [-0.1, -0.05) is 24.3 Å². The van der Waals surface area contributed by atoms with Crippen LogP contribution in [-0.4, -0.2) is 7.05 Å². The largest absolute Gasteiger partial charge is 0.313 e. The standard InChI is InChI=1S/C14H21N/c1-5-6-10-13(15-4)14-11(2)8-7-9-12(14)3/h5,7-9,13,15H,1,6,10H2,2-4H3. The summed E-state index contributed by atoms with van der Waals surface area (Å²) in [6.45, 7) is 8.14. The highest BCUT2D eigenvalue weighted by Gasteiger charge is 2.12. The molecule has 1 N–H and O–H groups in total. The average Bonchev–Trinajstić information content (AvgIpc) is 2.22. The number of nitrogens with one attached hydrogen (secondary N) is 1. The summed E-state index contributed by atoms with van der Waals surface area (Å²) in [5.74, 6) is 0. The Hall–Kier alpha value is -1.08. The minimum atomic E-state index is 0.448. The van der Waals surface area contributed by atoms with Gasteiger partial charge in [0.15, 0.2) is 0 Å². The molecule has 0 spiro atoms. The zero-order chi connectivity index (χ0) is 11.3. The Kier molecular flexibility index (Phi) is 4.57. The van der Waals surface area contributed by atoms with Crippen molar-refractivity contribution >= 4 is 0 Å². The van der Waals surface area contributed by atoms with Crippen LogP contribution >= 0.6 is 0 Å². The van der Waals surface area contributed by atoms with Crippen LogP contribution in [0.15, 0.2) is 30.9 Å². The highest BCUT2D eigenvalue weighted by Crippen LogP contribution is 2.25. The Morgan fingerprint density at radius 1 is 1.33 bits per heavy atom. The maximum absolute atomic E-state index is 3.78. The predicted molar refractivity (Wildman–Crippen MR) is 67.1 cm³/mol. The van der Waals surface area contributed by atoms with Crippen molar-refractivity contribution in [1.29, 1.82) is 0 Å². The van der Waals surface area contributed by atoms with Gasteiger partial charge in [-0.05, 0) is 50.4 Å². The van der Waals surface area contributed by atoms with E-state index in [0.29, 0.717) is 6.04 Å². The first-order chi connectivity index (χ1) is 7.20. The maximum atomic E-state index is 3.78. The van der Waals surface area contributed by atoms with Crippen molar-refractivity contribution in [2.75, 3.05) is 7.05 Å². The number of hydrogen-bond acceptors (Lipinski definition) is 1. The zero-order valence-corrected chi connectivity index (χ0v) is 10.0. The molecule has 1 atom stereocenters. The van der Waals surface area contributed by atoms with Gasteiger partial charge < -0.3 is 5.32 Å². The normalized spacial score (nSPS) is 12.5. The third-order valence-corrected chi connectivity index (χ3v) is 2.90. The molecule has 1 aromatic carbocycles. The molecule has 0 radical (unpaired) electrons. The van der Waals surface area contributed by atoms with Gasteiger partial charge in [0.2, 0.25) is 0 Å². The van der Waals surface area contributed by atoms with Crippen LogP contribution in [0.2, 0.25) is 0 Å². The van der Waals surface area contributed by atoms with Gasteiger partial charge in [-0.3, -0.25) is 0 Å². The molecule has 15 heavy (non-hydrogen) atoms. The molecule has 1 rings (SSSR count). The molecule has 82 valence electrons. The van der Waals surface area contributed by atoms with Gasteiger partial charge in [0.05, 0.1) is 0 Å². The Morgan fingerprint density at radius 2 is 1.93 bits per heavy atom. The van der Waals surface area contributed by atoms with Gasteiger partial charge in [-0.15, -0.1) is 6.58 Å². The van der Waals surface area contributed by atoms with E-state index < -0.39 is 0 Å². The molecule has 0 fully saturated rings. The molecule has 0 bridgehead atoms. The molecule has 0 amide bonds. The average molecular weight is 203 g/mol. The molecule has 1 aromatic rings. The number of allylic oxidation sites excluding steroid dienone is 1. The Labute approximate surface area is 93.2 Å². The predicted octanol–water partition coefficient (Wildman–Crippen LogP) is 3.53. The minimum Gasteiger partial charge on any atom is -0.313 e. The molecule has 0 heterocycles. The highest BCUT2D eigenvalue weighted by molar-refractivity contribution is 5.36. The van der Waals surface area contributed by atoms with E-state index >= 15 is 0 Å². The lowest BCUT2D eigenvalue weighted by atomic mass is 9.93. The Balaban J connectivity index is 2.95. The second-order valence-electron chi connectivity index (χ2n) is 4.01. The maximum Gasteiger partial charge on any atom is 0.0325 e. The fraction of sp³-hybridized carbons (Fsp3) is 0.429. The van der Waals surface area contributed by atoms with Gasteiger partial charge in [0, 0.05) is 6.04 Å². The third kappa shape index (κ3) is 2.93. The summed E-state index contributed by atoms with van der Waals surface area (Å²) in [5.41, 5.74) is 4.19.